The summed E-state index contributed by atoms with van der Waals surface area (Å²) in [4.78, 5) is 10.7. The lowest BCUT2D eigenvalue weighted by Crippen LogP contribution is -1.97. The molecule has 0 N–H and O–H groups in total. The van der Waals surface area contributed by atoms with Crippen LogP contribution in [-0.2, 0) is 0 Å². The Morgan fingerprint density at radius 3 is 0.937 bits per heavy atom. The van der Waals surface area contributed by atoms with Crippen LogP contribution in [0.4, 0.5) is 0 Å². The summed E-state index contributed by atoms with van der Waals surface area (Å²) in [6.45, 7) is 0. The van der Waals surface area contributed by atoms with E-state index in [1.807, 2.05) is 0 Å². The maximum atomic E-state index is 5.37. The Morgan fingerprint density at radius 2 is 0.481 bits per heavy atom. The van der Waals surface area contributed by atoms with Gasteiger partial charge in [-0.2, -0.15) is 0 Å². The second-order valence-electron chi connectivity index (χ2n) is 20.2. The molecule has 0 amide bonds. The average Bonchev–Trinajstić information content (AvgIpc) is 3.89. The largest absolute Gasteiger partial charge is 0.309 e. The van der Waals surface area contributed by atoms with E-state index in [-0.39, 0.29) is 0 Å². The third-order valence-electron chi connectivity index (χ3n) is 15.2. The molecule has 0 bridgehead atoms. The molecule has 2 heterocycles. The van der Waals surface area contributed by atoms with Gasteiger partial charge in [0.1, 0.15) is 0 Å². The summed E-state index contributed by atoms with van der Waals surface area (Å²) in [5, 5.41) is 2.50. The average molecular weight is 1010 g/mol. The molecule has 3 nitrogen and oxygen atoms in total. The van der Waals surface area contributed by atoms with Crippen molar-refractivity contribution in [1.29, 1.82) is 0 Å². The highest BCUT2D eigenvalue weighted by atomic mass is 15.0. The van der Waals surface area contributed by atoms with Gasteiger partial charge in [0, 0.05) is 33.2 Å². The zero-order valence-corrected chi connectivity index (χ0v) is 43.3. The van der Waals surface area contributed by atoms with Crippen LogP contribution in [0.5, 0.6) is 0 Å². The second kappa shape index (κ2) is 20.6. The van der Waals surface area contributed by atoms with E-state index in [2.05, 4.69) is 314 Å². The molecule has 79 heavy (non-hydrogen) atoms. The molecule has 370 valence electrons. The van der Waals surface area contributed by atoms with Crippen LogP contribution in [0.25, 0.3) is 139 Å². The van der Waals surface area contributed by atoms with Crippen molar-refractivity contribution in [3.8, 4) is 117 Å². The first-order valence-corrected chi connectivity index (χ1v) is 26.9. The van der Waals surface area contributed by atoms with Crippen LogP contribution in [0.2, 0.25) is 0 Å². The molecule has 0 radical (unpaired) electrons. The van der Waals surface area contributed by atoms with Gasteiger partial charge < -0.3 is 4.57 Å². The number of hydrogen-bond acceptors (Lipinski definition) is 2. The van der Waals surface area contributed by atoms with E-state index in [4.69, 9.17) is 9.97 Å². The van der Waals surface area contributed by atoms with Gasteiger partial charge in [-0.3, -0.25) is 0 Å². The van der Waals surface area contributed by atoms with Crippen LogP contribution in [0.1, 0.15) is 0 Å². The smallest absolute Gasteiger partial charge is 0.160 e. The lowest BCUT2D eigenvalue weighted by atomic mass is 9.95. The van der Waals surface area contributed by atoms with Gasteiger partial charge >= 0.3 is 0 Å². The lowest BCUT2D eigenvalue weighted by Gasteiger charge is -2.13. The molecule has 0 saturated heterocycles. The zero-order chi connectivity index (χ0) is 52.5. The van der Waals surface area contributed by atoms with E-state index >= 15 is 0 Å². The Morgan fingerprint density at radius 1 is 0.190 bits per heavy atom. The number of fused-ring (bicyclic) bond motifs is 3. The van der Waals surface area contributed by atoms with Crippen LogP contribution in [0, 0.1) is 0 Å². The minimum absolute atomic E-state index is 0.667. The van der Waals surface area contributed by atoms with Gasteiger partial charge in [0.15, 0.2) is 5.82 Å². The Kier molecular flexibility index (Phi) is 12.2. The second-order valence-corrected chi connectivity index (χ2v) is 20.2. The van der Waals surface area contributed by atoms with E-state index in [9.17, 15) is 0 Å². The Balaban J connectivity index is 0.805. The van der Waals surface area contributed by atoms with Crippen LogP contribution in [0.15, 0.2) is 309 Å². The van der Waals surface area contributed by atoms with Gasteiger partial charge in [-0.05, 0) is 139 Å². The predicted molar refractivity (Wildman–Crippen MR) is 331 cm³/mol. The van der Waals surface area contributed by atoms with Crippen LogP contribution >= 0.6 is 0 Å². The molecular formula is C76H51N3. The van der Waals surface area contributed by atoms with E-state index in [0.717, 1.165) is 67.1 Å². The molecule has 0 spiro atoms. The summed E-state index contributed by atoms with van der Waals surface area (Å²) in [5.41, 5.74) is 24.5. The molecule has 0 unspecified atom stereocenters. The summed E-state index contributed by atoms with van der Waals surface area (Å²) in [6.07, 6.45) is 0. The van der Waals surface area contributed by atoms with Crippen LogP contribution in [-0.4, -0.2) is 14.5 Å². The highest BCUT2D eigenvalue weighted by molar-refractivity contribution is 6.09. The molecular weight excluding hydrogens is 955 g/mol. The van der Waals surface area contributed by atoms with Gasteiger partial charge in [-0.1, -0.05) is 249 Å². The molecule has 0 aliphatic heterocycles. The topological polar surface area (TPSA) is 30.7 Å². The SMILES string of the molecule is c1ccc(-c2cccc(-c3cccc(-c4ccc(-c5cccc(-c6cc(-c7ccc(-c8cccc(-n9c%10ccccc%10c%10ccccc%109)c8)cc7)nc(-c7cccc(-c8cccc(-c9ccccc9)c8)c7)n6)c5)cc4)c3)c2)cc1. The monoisotopic (exact) mass is 1010 g/mol. The summed E-state index contributed by atoms with van der Waals surface area (Å²) in [5.74, 6) is 0.667. The van der Waals surface area contributed by atoms with Crippen molar-refractivity contribution in [2.45, 2.75) is 0 Å². The number of hydrogen-bond donors (Lipinski definition) is 0. The first kappa shape index (κ1) is 47.0. The van der Waals surface area contributed by atoms with Crippen molar-refractivity contribution in [3.05, 3.63) is 309 Å². The fraction of sp³-hybridized carbons (Fsp3) is 0. The maximum absolute atomic E-state index is 5.37. The molecule has 12 aromatic carbocycles. The van der Waals surface area contributed by atoms with Crippen molar-refractivity contribution < 1.29 is 0 Å². The van der Waals surface area contributed by atoms with Gasteiger partial charge in [0.05, 0.1) is 22.4 Å². The summed E-state index contributed by atoms with van der Waals surface area (Å²) < 4.78 is 2.37. The van der Waals surface area contributed by atoms with Gasteiger partial charge in [-0.15, -0.1) is 0 Å². The Hall–Kier alpha value is -10.5. The number of para-hydroxylation sites is 2. The fourth-order valence-corrected chi connectivity index (χ4v) is 11.2. The van der Waals surface area contributed by atoms with E-state index < -0.39 is 0 Å². The fourth-order valence-electron chi connectivity index (χ4n) is 11.2. The van der Waals surface area contributed by atoms with Crippen molar-refractivity contribution in [2.24, 2.45) is 0 Å². The lowest BCUT2D eigenvalue weighted by molar-refractivity contribution is 1.18. The van der Waals surface area contributed by atoms with Gasteiger partial charge in [0.2, 0.25) is 0 Å². The third-order valence-corrected chi connectivity index (χ3v) is 15.2. The molecule has 0 aliphatic rings. The quantitative estimate of drug-likeness (QED) is 0.129. The summed E-state index contributed by atoms with van der Waals surface area (Å²) in [7, 11) is 0. The van der Waals surface area contributed by atoms with Crippen molar-refractivity contribution in [1.82, 2.24) is 14.5 Å². The molecule has 14 aromatic rings. The van der Waals surface area contributed by atoms with Crippen molar-refractivity contribution in [3.63, 3.8) is 0 Å². The minimum atomic E-state index is 0.667. The molecule has 0 atom stereocenters. The number of benzene rings is 12. The Labute approximate surface area is 460 Å². The normalized spacial score (nSPS) is 11.3. The first-order valence-electron chi connectivity index (χ1n) is 26.9. The molecule has 0 fully saturated rings. The number of aromatic nitrogens is 3. The zero-order valence-electron chi connectivity index (χ0n) is 43.3. The summed E-state index contributed by atoms with van der Waals surface area (Å²) in [6, 6.07) is 111. The van der Waals surface area contributed by atoms with E-state index in [1.54, 1.807) is 0 Å². The molecule has 2 aromatic heterocycles. The predicted octanol–water partition coefficient (Wildman–Crippen LogP) is 20.2. The number of nitrogens with zero attached hydrogens (tertiary/aromatic N) is 3. The minimum Gasteiger partial charge on any atom is -0.309 e. The highest BCUT2D eigenvalue weighted by Crippen LogP contribution is 2.37. The molecule has 0 aliphatic carbocycles. The highest BCUT2D eigenvalue weighted by Gasteiger charge is 2.16. The van der Waals surface area contributed by atoms with Crippen molar-refractivity contribution >= 4 is 21.8 Å². The van der Waals surface area contributed by atoms with Gasteiger partial charge in [-0.25, -0.2) is 9.97 Å². The molecule has 14 rings (SSSR count). The standard InChI is InChI=1S/C76H51N3/c1-3-17-52(18-4-1)58-21-11-25-62(45-58)63-26-13-23-60(47-63)54-37-39-55(40-38-54)61-24-14-30-67(48-61)73-51-72(77-76(78-73)68-31-15-28-65(49-68)64-27-12-22-59(46-64)53-19-5-2-6-20-53)57-43-41-56(42-44-57)66-29-16-32-69(50-66)79-74-35-9-7-33-70(74)71-34-8-10-36-75(71)79/h1-51H. The van der Waals surface area contributed by atoms with E-state index in [1.165, 1.54) is 66.3 Å². The maximum Gasteiger partial charge on any atom is 0.160 e. The first-order chi connectivity index (χ1) is 39.1. The Bertz CT molecular complexity index is 4460. The third kappa shape index (κ3) is 9.41. The van der Waals surface area contributed by atoms with E-state index in [0.29, 0.717) is 5.82 Å². The van der Waals surface area contributed by atoms with Gasteiger partial charge in [0.25, 0.3) is 0 Å². The number of rotatable bonds is 11. The molecule has 0 saturated carbocycles. The molecule has 3 heteroatoms. The van der Waals surface area contributed by atoms with Crippen LogP contribution in [0.3, 0.4) is 0 Å². The van der Waals surface area contributed by atoms with Crippen molar-refractivity contribution in [2.75, 3.05) is 0 Å². The van der Waals surface area contributed by atoms with Crippen LogP contribution < -0.4 is 0 Å². The summed E-state index contributed by atoms with van der Waals surface area (Å²) >= 11 is 0.